The number of aromatic nitrogens is 2. The molecular weight excluding hydrogens is 422 g/mol. The summed E-state index contributed by atoms with van der Waals surface area (Å²) in [6.07, 6.45) is 1.89. The number of nitrogens with zero attached hydrogens (tertiary/aromatic N) is 2. The van der Waals surface area contributed by atoms with E-state index in [2.05, 4.69) is 41.9 Å². The second kappa shape index (κ2) is 10.6. The predicted octanol–water partition coefficient (Wildman–Crippen LogP) is 6.31. The van der Waals surface area contributed by atoms with Gasteiger partial charge >= 0.3 is 0 Å². The fourth-order valence-electron chi connectivity index (χ4n) is 4.19. The molecule has 1 heterocycles. The number of unbranched alkanes of at least 4 members (excludes halogenated alkanes) is 1. The molecule has 0 saturated carbocycles. The van der Waals surface area contributed by atoms with Crippen LogP contribution < -0.4 is 10.1 Å². The van der Waals surface area contributed by atoms with Crippen molar-refractivity contribution in [3.63, 3.8) is 0 Å². The Kier molecular flexibility index (Phi) is 7.31. The molecule has 0 saturated heterocycles. The number of hydrogen-bond acceptors (Lipinski definition) is 3. The summed E-state index contributed by atoms with van der Waals surface area (Å²) >= 11 is 0. The minimum atomic E-state index is -0.216. The fraction of sp³-hybridized carbons (Fsp3) is 0.310. The van der Waals surface area contributed by atoms with Crippen molar-refractivity contribution in [2.75, 3.05) is 6.61 Å². The number of nitrogens with one attached hydrogen (secondary N) is 1. The van der Waals surface area contributed by atoms with Gasteiger partial charge in [0.25, 0.3) is 5.91 Å². The quantitative estimate of drug-likeness (QED) is 0.301. The van der Waals surface area contributed by atoms with Crippen molar-refractivity contribution in [2.24, 2.45) is 0 Å². The minimum Gasteiger partial charge on any atom is -0.494 e. The Hall–Kier alpha value is -3.60. The highest BCUT2D eigenvalue weighted by atomic mass is 16.5. The molecule has 0 fully saturated rings. The third-order valence-corrected chi connectivity index (χ3v) is 6.33. The van der Waals surface area contributed by atoms with Gasteiger partial charge in [0.2, 0.25) is 0 Å². The average Bonchev–Trinajstić information content (AvgIpc) is 3.20. The molecule has 0 bridgehead atoms. The molecule has 4 aromatic rings. The van der Waals surface area contributed by atoms with E-state index in [0.717, 1.165) is 47.6 Å². The number of carbonyl (C=O) groups excluding carboxylic acids is 1. The lowest BCUT2D eigenvalue weighted by Crippen LogP contribution is -2.29. The first-order valence-electron chi connectivity index (χ1n) is 12.0. The van der Waals surface area contributed by atoms with Crippen LogP contribution >= 0.6 is 0 Å². The van der Waals surface area contributed by atoms with Crippen LogP contribution in [-0.4, -0.2) is 22.1 Å². The summed E-state index contributed by atoms with van der Waals surface area (Å²) in [5.74, 6) is 1.72. The number of rotatable bonds is 9. The number of para-hydroxylation sites is 2. The Bertz CT molecular complexity index is 1290. The van der Waals surface area contributed by atoms with Crippen molar-refractivity contribution in [3.8, 4) is 5.75 Å². The molecule has 0 aliphatic heterocycles. The first-order valence-corrected chi connectivity index (χ1v) is 12.0. The Morgan fingerprint density at radius 3 is 2.50 bits per heavy atom. The Labute approximate surface area is 201 Å². The van der Waals surface area contributed by atoms with Gasteiger partial charge in [-0.3, -0.25) is 4.79 Å². The number of ether oxygens (including phenoxy) is 1. The van der Waals surface area contributed by atoms with E-state index >= 15 is 0 Å². The van der Waals surface area contributed by atoms with E-state index in [4.69, 9.17) is 9.72 Å². The number of imidazole rings is 1. The molecule has 0 spiro atoms. The van der Waals surface area contributed by atoms with E-state index in [-0.39, 0.29) is 11.9 Å². The average molecular weight is 456 g/mol. The monoisotopic (exact) mass is 455 g/mol. The van der Waals surface area contributed by atoms with Crippen LogP contribution in [0.15, 0.2) is 66.7 Å². The molecule has 0 aliphatic rings. The predicted molar refractivity (Wildman–Crippen MR) is 137 cm³/mol. The van der Waals surface area contributed by atoms with E-state index in [0.29, 0.717) is 12.2 Å². The number of benzene rings is 3. The van der Waals surface area contributed by atoms with E-state index in [1.54, 1.807) is 0 Å². The van der Waals surface area contributed by atoms with Crippen LogP contribution in [0.25, 0.3) is 11.0 Å². The van der Waals surface area contributed by atoms with Gasteiger partial charge in [-0.05, 0) is 87.6 Å². The molecule has 1 N–H and O–H groups in total. The van der Waals surface area contributed by atoms with Crippen molar-refractivity contribution >= 4 is 16.9 Å². The second-order valence-corrected chi connectivity index (χ2v) is 8.92. The van der Waals surface area contributed by atoms with Gasteiger partial charge in [-0.15, -0.1) is 0 Å². The highest BCUT2D eigenvalue weighted by Crippen LogP contribution is 2.23. The summed E-state index contributed by atoms with van der Waals surface area (Å²) in [7, 11) is 0. The molecule has 0 aliphatic carbocycles. The first-order chi connectivity index (χ1) is 16.4. The highest BCUT2D eigenvalue weighted by Gasteiger charge is 2.19. The lowest BCUT2D eigenvalue weighted by Gasteiger charge is -2.17. The molecule has 34 heavy (non-hydrogen) atoms. The molecule has 176 valence electrons. The van der Waals surface area contributed by atoms with Gasteiger partial charge in [0.15, 0.2) is 0 Å². The Morgan fingerprint density at radius 1 is 0.941 bits per heavy atom. The normalized spacial score (nSPS) is 12.0. The van der Waals surface area contributed by atoms with Gasteiger partial charge in [-0.25, -0.2) is 4.98 Å². The van der Waals surface area contributed by atoms with Crippen LogP contribution in [0, 0.1) is 20.8 Å². The van der Waals surface area contributed by atoms with E-state index in [9.17, 15) is 4.79 Å². The summed E-state index contributed by atoms with van der Waals surface area (Å²) in [6, 6.07) is 21.8. The van der Waals surface area contributed by atoms with Crippen LogP contribution in [0.5, 0.6) is 5.75 Å². The molecule has 5 nitrogen and oxygen atoms in total. The molecule has 1 aromatic heterocycles. The van der Waals surface area contributed by atoms with Crippen molar-refractivity contribution in [2.45, 2.75) is 53.1 Å². The fourth-order valence-corrected chi connectivity index (χ4v) is 4.19. The molecular formula is C29H33N3O2. The lowest BCUT2D eigenvalue weighted by molar-refractivity contribution is 0.0937. The van der Waals surface area contributed by atoms with Gasteiger partial charge in [0, 0.05) is 12.1 Å². The van der Waals surface area contributed by atoms with Crippen molar-refractivity contribution in [3.05, 3.63) is 94.8 Å². The maximum Gasteiger partial charge on any atom is 0.252 e. The summed E-state index contributed by atoms with van der Waals surface area (Å²) in [4.78, 5) is 17.8. The molecule has 3 aromatic carbocycles. The molecule has 1 unspecified atom stereocenters. The zero-order valence-corrected chi connectivity index (χ0v) is 20.5. The second-order valence-electron chi connectivity index (χ2n) is 8.92. The third kappa shape index (κ3) is 5.30. The largest absolute Gasteiger partial charge is 0.494 e. The maximum absolute atomic E-state index is 12.9. The van der Waals surface area contributed by atoms with Crippen molar-refractivity contribution < 1.29 is 9.53 Å². The summed E-state index contributed by atoms with van der Waals surface area (Å²) in [6.45, 7) is 9.65. The highest BCUT2D eigenvalue weighted by molar-refractivity contribution is 5.95. The third-order valence-electron chi connectivity index (χ3n) is 6.33. The van der Waals surface area contributed by atoms with Crippen LogP contribution in [0.2, 0.25) is 0 Å². The SMILES string of the molecule is Cc1ccc(OCCCCn2c(C(C)NC(=O)c3ccccc3C)nc3ccccc32)cc1C. The van der Waals surface area contributed by atoms with Gasteiger partial charge in [-0.1, -0.05) is 36.4 Å². The minimum absolute atomic E-state index is 0.0778. The molecule has 0 radical (unpaired) electrons. The van der Waals surface area contributed by atoms with Crippen LogP contribution in [-0.2, 0) is 6.54 Å². The van der Waals surface area contributed by atoms with Crippen LogP contribution in [0.4, 0.5) is 0 Å². The summed E-state index contributed by atoms with van der Waals surface area (Å²) in [5, 5.41) is 3.14. The van der Waals surface area contributed by atoms with Gasteiger partial charge in [0.05, 0.1) is 23.7 Å². The molecule has 1 atom stereocenters. The van der Waals surface area contributed by atoms with Crippen molar-refractivity contribution in [1.82, 2.24) is 14.9 Å². The zero-order chi connectivity index (χ0) is 24.1. The number of hydrogen-bond donors (Lipinski definition) is 1. The lowest BCUT2D eigenvalue weighted by atomic mass is 10.1. The number of fused-ring (bicyclic) bond motifs is 1. The zero-order valence-electron chi connectivity index (χ0n) is 20.5. The standard InChI is InChI=1S/C29H33N3O2/c1-20-15-16-24(19-22(20)3)34-18-10-9-17-32-27-14-8-7-13-26(27)31-28(32)23(4)30-29(33)25-12-6-5-11-21(25)2/h5-8,11-16,19,23H,9-10,17-18H2,1-4H3,(H,30,33). The number of amides is 1. The van der Waals surface area contributed by atoms with Gasteiger partial charge in [0.1, 0.15) is 11.6 Å². The summed E-state index contributed by atoms with van der Waals surface area (Å²) in [5.41, 5.74) is 6.21. The van der Waals surface area contributed by atoms with Gasteiger partial charge < -0.3 is 14.6 Å². The maximum atomic E-state index is 12.9. The topological polar surface area (TPSA) is 56.1 Å². The number of aryl methyl sites for hydroxylation is 4. The van der Waals surface area contributed by atoms with Crippen LogP contribution in [0.1, 0.15) is 58.7 Å². The van der Waals surface area contributed by atoms with E-state index < -0.39 is 0 Å². The smallest absolute Gasteiger partial charge is 0.252 e. The molecule has 5 heteroatoms. The van der Waals surface area contributed by atoms with Gasteiger partial charge in [-0.2, -0.15) is 0 Å². The Balaban J connectivity index is 1.43. The van der Waals surface area contributed by atoms with E-state index in [1.165, 1.54) is 11.1 Å². The number of carbonyl (C=O) groups is 1. The molecule has 1 amide bonds. The van der Waals surface area contributed by atoms with E-state index in [1.807, 2.05) is 62.4 Å². The van der Waals surface area contributed by atoms with Crippen molar-refractivity contribution in [1.29, 1.82) is 0 Å². The Morgan fingerprint density at radius 2 is 1.71 bits per heavy atom. The molecule has 4 rings (SSSR count). The summed E-state index contributed by atoms with van der Waals surface area (Å²) < 4.78 is 8.19. The first kappa shape index (κ1) is 23.6. The van der Waals surface area contributed by atoms with Crippen LogP contribution in [0.3, 0.4) is 0 Å².